The van der Waals surface area contributed by atoms with E-state index in [1.54, 1.807) is 49.5 Å². The van der Waals surface area contributed by atoms with Crippen molar-refractivity contribution in [2.45, 2.75) is 31.2 Å². The van der Waals surface area contributed by atoms with Crippen molar-refractivity contribution in [1.29, 1.82) is 0 Å². The highest BCUT2D eigenvalue weighted by Crippen LogP contribution is 2.32. The summed E-state index contributed by atoms with van der Waals surface area (Å²) < 4.78 is 30.8. The van der Waals surface area contributed by atoms with Crippen LogP contribution in [0.4, 0.5) is 17.2 Å². The molecule has 2 atom stereocenters. The van der Waals surface area contributed by atoms with E-state index >= 15 is 0 Å². The third-order valence-corrected chi connectivity index (χ3v) is 9.59. The summed E-state index contributed by atoms with van der Waals surface area (Å²) in [5.41, 5.74) is 2.47. The summed E-state index contributed by atoms with van der Waals surface area (Å²) in [6.07, 6.45) is 4.20. The molecule has 2 aromatic heterocycles. The number of hydrogen-bond acceptors (Lipinski definition) is 9. The number of likely N-dealkylation sites (tertiary alicyclic amines) is 1. The molecule has 43 heavy (non-hydrogen) atoms. The number of benzene rings is 2. The molecule has 1 fully saturated rings. The van der Waals surface area contributed by atoms with Crippen LogP contribution in [0.1, 0.15) is 19.0 Å². The molecule has 222 valence electrons. The number of ether oxygens (including phenoxy) is 1. The maximum atomic E-state index is 13.3. The average Bonchev–Trinajstić information content (AvgIpc) is 3.48. The number of nitrogens with one attached hydrogen (secondary N) is 2. The number of amides is 2. The molecule has 0 unspecified atom stereocenters. The summed E-state index contributed by atoms with van der Waals surface area (Å²) >= 11 is 6.48. The zero-order chi connectivity index (χ0) is 30.6. The topological polar surface area (TPSA) is 143 Å². The Labute approximate surface area is 253 Å². The Morgan fingerprint density at radius 1 is 1.12 bits per heavy atom. The van der Waals surface area contributed by atoms with E-state index < -0.39 is 32.9 Å². The van der Waals surface area contributed by atoms with Crippen LogP contribution < -0.4 is 15.4 Å². The molecule has 1 aliphatic heterocycles. The first-order valence-corrected chi connectivity index (χ1v) is 15.6. The Kier molecular flexibility index (Phi) is 8.88. The lowest BCUT2D eigenvalue weighted by molar-refractivity contribution is -0.132. The SMILES string of the molecule is C=CC(=O)N1C[C@H](S(=O)(=O)CC)C[C@H]1C(=O)Nc1ccc2ncnc(Nc3ccc(OCc4ccccn4)c(Cl)c3)c2c1. The summed E-state index contributed by atoms with van der Waals surface area (Å²) in [6, 6.07) is 15.0. The van der Waals surface area contributed by atoms with Crippen LogP contribution in [-0.2, 0) is 26.0 Å². The molecule has 0 saturated carbocycles. The number of sulfone groups is 1. The smallest absolute Gasteiger partial charge is 0.247 e. The monoisotopic (exact) mass is 620 g/mol. The van der Waals surface area contributed by atoms with Gasteiger partial charge in [-0.05, 0) is 61.0 Å². The van der Waals surface area contributed by atoms with Gasteiger partial charge in [0, 0.05) is 35.3 Å². The number of pyridine rings is 1. The van der Waals surface area contributed by atoms with E-state index in [2.05, 4.69) is 32.2 Å². The number of nitrogens with zero attached hydrogens (tertiary/aromatic N) is 4. The lowest BCUT2D eigenvalue weighted by Gasteiger charge is -2.22. The minimum absolute atomic E-state index is 0.00736. The third kappa shape index (κ3) is 6.76. The molecule has 2 N–H and O–H groups in total. The van der Waals surface area contributed by atoms with E-state index in [-0.39, 0.29) is 25.3 Å². The molecule has 0 bridgehead atoms. The lowest BCUT2D eigenvalue weighted by atomic mass is 10.1. The van der Waals surface area contributed by atoms with E-state index in [0.29, 0.717) is 38.9 Å². The number of carbonyl (C=O) groups is 2. The van der Waals surface area contributed by atoms with Crippen molar-refractivity contribution in [2.75, 3.05) is 22.9 Å². The van der Waals surface area contributed by atoms with E-state index in [0.717, 1.165) is 11.8 Å². The molecule has 3 heterocycles. The molecule has 2 amide bonds. The first kappa shape index (κ1) is 29.9. The van der Waals surface area contributed by atoms with Gasteiger partial charge in [-0.15, -0.1) is 0 Å². The molecule has 4 aromatic rings. The molecule has 13 heteroatoms. The van der Waals surface area contributed by atoms with Crippen molar-refractivity contribution in [1.82, 2.24) is 19.9 Å². The van der Waals surface area contributed by atoms with Crippen molar-refractivity contribution < 1.29 is 22.7 Å². The molecule has 0 radical (unpaired) electrons. The number of halogens is 1. The zero-order valence-corrected chi connectivity index (χ0v) is 24.8. The molecule has 0 aliphatic carbocycles. The minimum Gasteiger partial charge on any atom is -0.486 e. The normalized spacial score (nSPS) is 16.6. The van der Waals surface area contributed by atoms with Crippen molar-refractivity contribution in [2.24, 2.45) is 0 Å². The van der Waals surface area contributed by atoms with Crippen molar-refractivity contribution >= 4 is 61.3 Å². The van der Waals surface area contributed by atoms with Gasteiger partial charge in [-0.2, -0.15) is 0 Å². The number of anilines is 3. The molecule has 2 aromatic carbocycles. The van der Waals surface area contributed by atoms with Crippen molar-refractivity contribution in [3.05, 3.63) is 90.5 Å². The maximum absolute atomic E-state index is 13.3. The van der Waals surface area contributed by atoms with Gasteiger partial charge in [-0.3, -0.25) is 14.6 Å². The summed E-state index contributed by atoms with van der Waals surface area (Å²) in [7, 11) is -3.45. The van der Waals surface area contributed by atoms with Crippen LogP contribution >= 0.6 is 11.6 Å². The van der Waals surface area contributed by atoms with Gasteiger partial charge >= 0.3 is 0 Å². The fraction of sp³-hybridized carbons (Fsp3) is 0.233. The number of hydrogen-bond donors (Lipinski definition) is 2. The van der Waals surface area contributed by atoms with Gasteiger partial charge in [-0.1, -0.05) is 31.2 Å². The average molecular weight is 621 g/mol. The maximum Gasteiger partial charge on any atom is 0.247 e. The Hall–Kier alpha value is -4.55. The van der Waals surface area contributed by atoms with Crippen LogP contribution in [-0.4, -0.2) is 63.7 Å². The van der Waals surface area contributed by atoms with Gasteiger partial charge in [-0.25, -0.2) is 18.4 Å². The molecule has 11 nitrogen and oxygen atoms in total. The fourth-order valence-corrected chi connectivity index (χ4v) is 6.40. The van der Waals surface area contributed by atoms with Crippen LogP contribution in [0.15, 0.2) is 79.8 Å². The highest BCUT2D eigenvalue weighted by molar-refractivity contribution is 7.92. The number of fused-ring (bicyclic) bond motifs is 1. The van der Waals surface area contributed by atoms with Gasteiger partial charge in [0.2, 0.25) is 11.8 Å². The van der Waals surface area contributed by atoms with Gasteiger partial charge in [0.15, 0.2) is 9.84 Å². The van der Waals surface area contributed by atoms with E-state index in [1.165, 1.54) is 11.2 Å². The standard InChI is InChI=1S/C30H29ClN6O5S/c1-3-28(38)37-16-22(43(40,41)4-2)15-26(37)30(39)36-19-8-10-25-23(13-19)29(34-18-33-25)35-20-9-11-27(24(31)14-20)42-17-21-7-5-6-12-32-21/h3,5-14,18,22,26H,1,4,15-17H2,2H3,(H,36,39)(H,33,34,35)/t22-,26+/m1/s1. The molecule has 5 rings (SSSR count). The van der Waals surface area contributed by atoms with Crippen LogP contribution in [0.3, 0.4) is 0 Å². The fourth-order valence-electron chi connectivity index (χ4n) is 4.83. The van der Waals surface area contributed by atoms with Crippen molar-refractivity contribution in [3.8, 4) is 5.75 Å². The third-order valence-electron chi connectivity index (χ3n) is 7.13. The predicted octanol–water partition coefficient (Wildman–Crippen LogP) is 4.53. The molecular weight excluding hydrogens is 592 g/mol. The minimum atomic E-state index is -3.45. The summed E-state index contributed by atoms with van der Waals surface area (Å²) in [4.78, 5) is 40.0. The highest BCUT2D eigenvalue weighted by Gasteiger charge is 2.43. The summed E-state index contributed by atoms with van der Waals surface area (Å²) in [5.74, 6) is -0.102. The van der Waals surface area contributed by atoms with E-state index in [9.17, 15) is 18.0 Å². The van der Waals surface area contributed by atoms with Crippen molar-refractivity contribution in [3.63, 3.8) is 0 Å². The molecule has 0 spiro atoms. The summed E-state index contributed by atoms with van der Waals surface area (Å²) in [5, 5.41) is 6.24. The van der Waals surface area contributed by atoms with Crippen LogP contribution in [0.25, 0.3) is 10.9 Å². The zero-order valence-electron chi connectivity index (χ0n) is 23.2. The highest BCUT2D eigenvalue weighted by atomic mass is 35.5. The Balaban J connectivity index is 1.33. The second kappa shape index (κ2) is 12.8. The van der Waals surface area contributed by atoms with E-state index in [4.69, 9.17) is 16.3 Å². The first-order chi connectivity index (χ1) is 20.7. The molecule has 1 aliphatic rings. The predicted molar refractivity (Wildman–Crippen MR) is 165 cm³/mol. The second-order valence-corrected chi connectivity index (χ2v) is 12.8. The second-order valence-electron chi connectivity index (χ2n) is 9.84. The first-order valence-electron chi connectivity index (χ1n) is 13.5. The quantitative estimate of drug-likeness (QED) is 0.244. The number of rotatable bonds is 10. The van der Waals surface area contributed by atoms with Gasteiger partial charge in [0.05, 0.1) is 21.5 Å². The van der Waals surface area contributed by atoms with Gasteiger partial charge < -0.3 is 20.3 Å². The van der Waals surface area contributed by atoms with Crippen LogP contribution in [0.5, 0.6) is 5.75 Å². The summed E-state index contributed by atoms with van der Waals surface area (Å²) in [6.45, 7) is 5.25. The van der Waals surface area contributed by atoms with Crippen LogP contribution in [0, 0.1) is 0 Å². The Morgan fingerprint density at radius 3 is 2.65 bits per heavy atom. The molecular formula is C30H29ClN6O5S. The Morgan fingerprint density at radius 2 is 1.93 bits per heavy atom. The van der Waals surface area contributed by atoms with E-state index in [1.807, 2.05) is 18.2 Å². The van der Waals surface area contributed by atoms with Crippen LogP contribution in [0.2, 0.25) is 5.02 Å². The van der Waals surface area contributed by atoms with Gasteiger partial charge in [0.1, 0.15) is 30.5 Å². The molecule has 1 saturated heterocycles. The number of aromatic nitrogens is 3. The largest absolute Gasteiger partial charge is 0.486 e. The Bertz CT molecular complexity index is 1790. The number of carbonyl (C=O) groups excluding carboxylic acids is 2. The van der Waals surface area contributed by atoms with Gasteiger partial charge in [0.25, 0.3) is 0 Å². The lowest BCUT2D eigenvalue weighted by Crippen LogP contribution is -2.42.